The summed E-state index contributed by atoms with van der Waals surface area (Å²) in [5.74, 6) is 0. The van der Waals surface area contributed by atoms with Crippen molar-refractivity contribution in [1.82, 2.24) is 0 Å². The second-order valence-corrected chi connectivity index (χ2v) is 6.36. The van der Waals surface area contributed by atoms with Crippen LogP contribution in [0, 0.1) is 0 Å². The number of hydrogen-bond acceptors (Lipinski definition) is 2. The van der Waals surface area contributed by atoms with Gasteiger partial charge >= 0.3 is 12.3 Å². The summed E-state index contributed by atoms with van der Waals surface area (Å²) in [6, 6.07) is 11.6. The van der Waals surface area contributed by atoms with Gasteiger partial charge in [0.25, 0.3) is 0 Å². The lowest BCUT2D eigenvalue weighted by atomic mass is 10.1. The van der Waals surface area contributed by atoms with Crippen molar-refractivity contribution in [3.8, 4) is 0 Å². The molecule has 1 aliphatic rings. The Bertz CT molecular complexity index is 749. The Morgan fingerprint density at radius 1 is 1.21 bits per heavy atom. The Labute approximate surface area is 145 Å². The minimum Gasteiger partial charge on any atom is -0.444 e. The molecule has 126 valence electrons. The number of benzene rings is 2. The van der Waals surface area contributed by atoms with Gasteiger partial charge in [-0.2, -0.15) is 13.2 Å². The van der Waals surface area contributed by atoms with E-state index in [1.54, 1.807) is 42.5 Å². The van der Waals surface area contributed by atoms with E-state index in [1.165, 1.54) is 6.07 Å². The van der Waals surface area contributed by atoms with Crippen LogP contribution in [0.2, 0.25) is 0 Å². The standard InChI is InChI=1S/C17H13BrF3NO2/c18-13-6-7-14-12(8-13)9-15(17(19,20)21)22(14)16(23)24-10-11-4-2-1-3-5-11/h1-8,15H,9-10H2. The third kappa shape index (κ3) is 3.40. The molecule has 1 amide bonds. The maximum atomic E-state index is 13.3. The second-order valence-electron chi connectivity index (χ2n) is 5.44. The molecule has 1 heterocycles. The van der Waals surface area contributed by atoms with Crippen molar-refractivity contribution in [2.45, 2.75) is 25.2 Å². The average Bonchev–Trinajstić information content (AvgIpc) is 2.92. The molecule has 0 aromatic heterocycles. The first-order valence-corrected chi connectivity index (χ1v) is 8.00. The normalized spacial score (nSPS) is 16.8. The maximum Gasteiger partial charge on any atom is 0.415 e. The number of carbonyl (C=O) groups is 1. The van der Waals surface area contributed by atoms with Crippen LogP contribution in [0.5, 0.6) is 0 Å². The van der Waals surface area contributed by atoms with Gasteiger partial charge in [0.1, 0.15) is 12.6 Å². The van der Waals surface area contributed by atoms with Crippen LogP contribution < -0.4 is 4.90 Å². The molecule has 1 atom stereocenters. The SMILES string of the molecule is O=C(OCc1ccccc1)N1c2ccc(Br)cc2CC1C(F)(F)F. The number of fused-ring (bicyclic) bond motifs is 1. The predicted molar refractivity (Wildman–Crippen MR) is 86.8 cm³/mol. The van der Waals surface area contributed by atoms with Gasteiger partial charge < -0.3 is 4.74 Å². The summed E-state index contributed by atoms with van der Waals surface area (Å²) in [7, 11) is 0. The largest absolute Gasteiger partial charge is 0.444 e. The molecule has 3 rings (SSSR count). The van der Waals surface area contributed by atoms with Gasteiger partial charge in [-0.25, -0.2) is 4.79 Å². The fraction of sp³-hybridized carbons (Fsp3) is 0.235. The molecule has 0 radical (unpaired) electrons. The highest BCUT2D eigenvalue weighted by Gasteiger charge is 2.50. The first-order valence-electron chi connectivity index (χ1n) is 7.21. The molecular weight excluding hydrogens is 387 g/mol. The number of alkyl halides is 3. The van der Waals surface area contributed by atoms with E-state index < -0.39 is 18.3 Å². The molecule has 0 saturated heterocycles. The molecule has 7 heteroatoms. The van der Waals surface area contributed by atoms with Crippen molar-refractivity contribution in [1.29, 1.82) is 0 Å². The molecule has 2 aromatic rings. The maximum absolute atomic E-state index is 13.3. The minimum atomic E-state index is -4.53. The van der Waals surface area contributed by atoms with Crippen molar-refractivity contribution in [3.63, 3.8) is 0 Å². The summed E-state index contributed by atoms with van der Waals surface area (Å²) < 4.78 is 45.8. The van der Waals surface area contributed by atoms with Gasteiger partial charge in [-0.05, 0) is 29.3 Å². The van der Waals surface area contributed by atoms with E-state index in [0.717, 1.165) is 0 Å². The molecular formula is C17H13BrF3NO2. The fourth-order valence-electron chi connectivity index (χ4n) is 2.70. The third-order valence-electron chi connectivity index (χ3n) is 3.81. The van der Waals surface area contributed by atoms with Crippen molar-refractivity contribution >= 4 is 27.7 Å². The number of nitrogens with zero attached hydrogens (tertiary/aromatic N) is 1. The van der Waals surface area contributed by atoms with Crippen LogP contribution in [0.15, 0.2) is 53.0 Å². The second kappa shape index (κ2) is 6.47. The van der Waals surface area contributed by atoms with E-state index in [0.29, 0.717) is 20.5 Å². The van der Waals surface area contributed by atoms with Gasteiger partial charge in [0, 0.05) is 10.9 Å². The molecule has 2 aromatic carbocycles. The average molecular weight is 400 g/mol. The summed E-state index contributed by atoms with van der Waals surface area (Å²) in [5, 5.41) is 0. The summed E-state index contributed by atoms with van der Waals surface area (Å²) in [4.78, 5) is 13.0. The summed E-state index contributed by atoms with van der Waals surface area (Å²) in [5.41, 5.74) is 1.41. The highest BCUT2D eigenvalue weighted by atomic mass is 79.9. The first kappa shape index (κ1) is 16.8. The van der Waals surface area contributed by atoms with Crippen LogP contribution in [0.4, 0.5) is 23.7 Å². The number of amides is 1. The molecule has 1 aliphatic heterocycles. The number of carbonyl (C=O) groups excluding carboxylic acids is 1. The molecule has 24 heavy (non-hydrogen) atoms. The smallest absolute Gasteiger partial charge is 0.415 e. The lowest BCUT2D eigenvalue weighted by Gasteiger charge is -2.26. The number of hydrogen-bond donors (Lipinski definition) is 0. The number of halogens is 4. The van der Waals surface area contributed by atoms with E-state index in [-0.39, 0.29) is 18.7 Å². The number of rotatable bonds is 2. The molecule has 1 unspecified atom stereocenters. The summed E-state index contributed by atoms with van der Waals surface area (Å²) in [6.07, 6.45) is -5.81. The molecule has 0 spiro atoms. The van der Waals surface area contributed by atoms with Gasteiger partial charge in [0.15, 0.2) is 0 Å². The lowest BCUT2D eigenvalue weighted by molar-refractivity contribution is -0.146. The first-order chi connectivity index (χ1) is 11.4. The van der Waals surface area contributed by atoms with Gasteiger partial charge in [0.2, 0.25) is 0 Å². The molecule has 0 bridgehead atoms. The minimum absolute atomic E-state index is 0.0768. The zero-order valence-electron chi connectivity index (χ0n) is 12.4. The van der Waals surface area contributed by atoms with E-state index in [9.17, 15) is 18.0 Å². The topological polar surface area (TPSA) is 29.5 Å². The predicted octanol–water partition coefficient (Wildman–Crippen LogP) is 5.08. The highest BCUT2D eigenvalue weighted by molar-refractivity contribution is 9.10. The Hall–Kier alpha value is -2.02. The number of ether oxygens (including phenoxy) is 1. The Kier molecular flexibility index (Phi) is 4.54. The monoisotopic (exact) mass is 399 g/mol. The van der Waals surface area contributed by atoms with E-state index in [2.05, 4.69) is 15.9 Å². The molecule has 0 fully saturated rings. The van der Waals surface area contributed by atoms with Crippen molar-refractivity contribution in [2.75, 3.05) is 4.90 Å². The quantitative estimate of drug-likeness (QED) is 0.704. The van der Waals surface area contributed by atoms with Crippen LogP contribution >= 0.6 is 15.9 Å². The van der Waals surface area contributed by atoms with Crippen LogP contribution in [0.3, 0.4) is 0 Å². The van der Waals surface area contributed by atoms with Crippen LogP contribution in [-0.2, 0) is 17.8 Å². The van der Waals surface area contributed by atoms with E-state index in [1.807, 2.05) is 0 Å². The van der Waals surface area contributed by atoms with Crippen LogP contribution in [0.1, 0.15) is 11.1 Å². The van der Waals surface area contributed by atoms with Crippen molar-refractivity contribution in [3.05, 3.63) is 64.1 Å². The van der Waals surface area contributed by atoms with Gasteiger partial charge in [-0.15, -0.1) is 0 Å². The van der Waals surface area contributed by atoms with Crippen LogP contribution in [-0.4, -0.2) is 18.3 Å². The molecule has 0 N–H and O–H groups in total. The van der Waals surface area contributed by atoms with E-state index >= 15 is 0 Å². The van der Waals surface area contributed by atoms with Gasteiger partial charge in [-0.3, -0.25) is 4.90 Å². The summed E-state index contributed by atoms with van der Waals surface area (Å²) >= 11 is 3.24. The molecule has 0 saturated carbocycles. The zero-order chi connectivity index (χ0) is 17.3. The fourth-order valence-corrected chi connectivity index (χ4v) is 3.11. The Morgan fingerprint density at radius 2 is 1.92 bits per heavy atom. The zero-order valence-corrected chi connectivity index (χ0v) is 14.0. The van der Waals surface area contributed by atoms with Gasteiger partial charge in [-0.1, -0.05) is 46.3 Å². The van der Waals surface area contributed by atoms with E-state index in [4.69, 9.17) is 4.74 Å². The third-order valence-corrected chi connectivity index (χ3v) is 4.30. The molecule has 0 aliphatic carbocycles. The van der Waals surface area contributed by atoms with Crippen LogP contribution in [0.25, 0.3) is 0 Å². The molecule has 3 nitrogen and oxygen atoms in total. The lowest BCUT2D eigenvalue weighted by Crippen LogP contribution is -2.47. The highest BCUT2D eigenvalue weighted by Crippen LogP contribution is 2.41. The number of anilines is 1. The Morgan fingerprint density at radius 3 is 2.58 bits per heavy atom. The van der Waals surface area contributed by atoms with Gasteiger partial charge in [0.05, 0.1) is 5.69 Å². The van der Waals surface area contributed by atoms with Crippen molar-refractivity contribution < 1.29 is 22.7 Å². The van der Waals surface area contributed by atoms with Crippen molar-refractivity contribution in [2.24, 2.45) is 0 Å². The summed E-state index contributed by atoms with van der Waals surface area (Å²) in [6.45, 7) is -0.0768. The Balaban J connectivity index is 1.84.